The molecule has 1 atom stereocenters. The Labute approximate surface area is 234 Å². The van der Waals surface area contributed by atoms with E-state index in [4.69, 9.17) is 9.47 Å². The summed E-state index contributed by atoms with van der Waals surface area (Å²) in [5.41, 5.74) is 4.56. The lowest BCUT2D eigenvalue weighted by Gasteiger charge is -2.36. The van der Waals surface area contributed by atoms with Crippen LogP contribution in [0.4, 0.5) is 0 Å². The number of benzene rings is 2. The molecule has 1 unspecified atom stereocenters. The van der Waals surface area contributed by atoms with Gasteiger partial charge in [-0.25, -0.2) is 0 Å². The van der Waals surface area contributed by atoms with E-state index in [2.05, 4.69) is 41.8 Å². The average Bonchev–Trinajstić information content (AvgIpc) is 3.33. The molecule has 2 aromatic carbocycles. The zero-order chi connectivity index (χ0) is 27.8. The fraction of sp³-hybridized carbons (Fsp3) is 0.344. The van der Waals surface area contributed by atoms with Crippen molar-refractivity contribution in [2.24, 2.45) is 4.99 Å². The number of para-hydroxylation sites is 1. The summed E-state index contributed by atoms with van der Waals surface area (Å²) < 4.78 is 12.0. The van der Waals surface area contributed by atoms with Gasteiger partial charge in [-0.15, -0.1) is 0 Å². The number of nitrogens with one attached hydrogen (secondary N) is 1. The van der Waals surface area contributed by atoms with E-state index < -0.39 is 5.60 Å². The first kappa shape index (κ1) is 28.6. The molecule has 7 heteroatoms. The van der Waals surface area contributed by atoms with E-state index in [0.717, 1.165) is 47.1 Å². The molecular weight excluding hydrogens is 508 g/mol. The first-order valence-electron chi connectivity index (χ1n) is 13.5. The third-order valence-corrected chi connectivity index (χ3v) is 8.05. The zero-order valence-corrected chi connectivity index (χ0v) is 23.7. The van der Waals surface area contributed by atoms with Gasteiger partial charge in [-0.2, -0.15) is 0 Å². The highest BCUT2D eigenvalue weighted by Gasteiger charge is 2.41. The molecule has 0 fully saturated rings. The van der Waals surface area contributed by atoms with Crippen molar-refractivity contribution in [1.82, 2.24) is 4.98 Å². The fourth-order valence-electron chi connectivity index (χ4n) is 5.00. The van der Waals surface area contributed by atoms with Crippen LogP contribution < -0.4 is 4.74 Å². The molecule has 0 amide bonds. The maximum Gasteiger partial charge on any atom is 0.314 e. The van der Waals surface area contributed by atoms with Crippen LogP contribution in [0.1, 0.15) is 56.9 Å². The lowest BCUT2D eigenvalue weighted by molar-refractivity contribution is -0.146. The van der Waals surface area contributed by atoms with Gasteiger partial charge in [0.25, 0.3) is 0 Å². The highest BCUT2D eigenvalue weighted by Crippen LogP contribution is 2.42. The molecule has 1 N–H and O–H groups in total. The largest absolute Gasteiger partial charge is 0.426 e. The number of ether oxygens (including phenoxy) is 2. The molecule has 0 saturated heterocycles. The predicted molar refractivity (Wildman–Crippen MR) is 159 cm³/mol. The number of carbonyl (C=O) groups excluding carboxylic acids is 2. The van der Waals surface area contributed by atoms with Gasteiger partial charge in [0.1, 0.15) is 11.4 Å². The third-order valence-electron chi connectivity index (χ3n) is 7.04. The smallest absolute Gasteiger partial charge is 0.314 e. The van der Waals surface area contributed by atoms with Gasteiger partial charge in [0.05, 0.1) is 25.3 Å². The van der Waals surface area contributed by atoms with Crippen molar-refractivity contribution in [3.8, 4) is 5.75 Å². The van der Waals surface area contributed by atoms with E-state index in [-0.39, 0.29) is 17.5 Å². The SMILES string of the molecule is C=NC/C=C\C=C(/C)C(=O)Sc1ccc(OC(=O)CC2(CC)OCCc3c2[nH]c2c(CCC)cccc32)cc1. The lowest BCUT2D eigenvalue weighted by Crippen LogP contribution is -2.38. The van der Waals surface area contributed by atoms with Gasteiger partial charge in [0.15, 0.2) is 0 Å². The minimum Gasteiger partial charge on any atom is -0.426 e. The Balaban J connectivity index is 1.45. The molecule has 0 saturated carbocycles. The van der Waals surface area contributed by atoms with Crippen LogP contribution in [0.5, 0.6) is 5.75 Å². The number of hydrogen-bond acceptors (Lipinski definition) is 6. The van der Waals surface area contributed by atoms with Crippen molar-refractivity contribution >= 4 is 40.5 Å². The molecule has 39 heavy (non-hydrogen) atoms. The Kier molecular flexibility index (Phi) is 9.59. The lowest BCUT2D eigenvalue weighted by atomic mass is 9.86. The molecule has 0 spiro atoms. The summed E-state index contributed by atoms with van der Waals surface area (Å²) in [6, 6.07) is 13.4. The predicted octanol–water partition coefficient (Wildman–Crippen LogP) is 7.12. The Bertz CT molecular complexity index is 1400. The zero-order valence-electron chi connectivity index (χ0n) is 22.9. The van der Waals surface area contributed by atoms with Gasteiger partial charge in [-0.3, -0.25) is 14.6 Å². The Morgan fingerprint density at radius 1 is 1.21 bits per heavy atom. The highest BCUT2D eigenvalue weighted by atomic mass is 32.2. The molecule has 204 valence electrons. The molecule has 0 radical (unpaired) electrons. The van der Waals surface area contributed by atoms with Crippen molar-refractivity contribution in [2.45, 2.75) is 63.4 Å². The first-order chi connectivity index (χ1) is 18.9. The number of aromatic nitrogens is 1. The normalized spacial score (nSPS) is 17.4. The Morgan fingerprint density at radius 3 is 2.72 bits per heavy atom. The van der Waals surface area contributed by atoms with Crippen molar-refractivity contribution in [1.29, 1.82) is 0 Å². The molecule has 1 aliphatic rings. The summed E-state index contributed by atoms with van der Waals surface area (Å²) in [6.07, 6.45) is 9.04. The molecular formula is C32H36N2O4S. The Morgan fingerprint density at radius 2 is 2.00 bits per heavy atom. The molecule has 2 heterocycles. The second-order valence-corrected chi connectivity index (χ2v) is 10.8. The van der Waals surface area contributed by atoms with Crippen LogP contribution in [0, 0.1) is 0 Å². The van der Waals surface area contributed by atoms with Crippen molar-refractivity contribution in [3.63, 3.8) is 0 Å². The number of aliphatic imine (C=N–C) groups is 1. The van der Waals surface area contributed by atoms with E-state index in [1.54, 1.807) is 43.3 Å². The van der Waals surface area contributed by atoms with Crippen LogP contribution in [0.2, 0.25) is 0 Å². The number of aryl methyl sites for hydroxylation is 1. The molecule has 1 aromatic heterocycles. The summed E-state index contributed by atoms with van der Waals surface area (Å²) in [6.45, 7) is 10.5. The number of aromatic amines is 1. The second-order valence-electron chi connectivity index (χ2n) is 9.71. The number of rotatable bonds is 11. The number of H-pyrrole nitrogens is 1. The van der Waals surface area contributed by atoms with E-state index in [1.807, 2.05) is 13.0 Å². The minimum absolute atomic E-state index is 0.0495. The van der Waals surface area contributed by atoms with Gasteiger partial charge in [0.2, 0.25) is 5.12 Å². The summed E-state index contributed by atoms with van der Waals surface area (Å²) in [5.74, 6) is 0.0845. The number of esters is 1. The highest BCUT2D eigenvalue weighted by molar-refractivity contribution is 8.14. The van der Waals surface area contributed by atoms with Crippen molar-refractivity contribution < 1.29 is 19.1 Å². The summed E-state index contributed by atoms with van der Waals surface area (Å²) >= 11 is 1.13. The van der Waals surface area contributed by atoms with Crippen LogP contribution in [0.25, 0.3) is 10.9 Å². The molecule has 4 rings (SSSR count). The molecule has 0 aliphatic carbocycles. The van der Waals surface area contributed by atoms with Gasteiger partial charge in [-0.1, -0.05) is 56.7 Å². The van der Waals surface area contributed by atoms with Gasteiger partial charge < -0.3 is 14.5 Å². The standard InChI is InChI=1S/C32H36N2O4S/c1-5-10-23-12-9-13-26-27-18-20-37-32(6-2,30(27)34-29(23)26)21-28(35)38-24-14-16-25(17-15-24)39-31(36)22(3)11-7-8-19-33-4/h7-9,11-17,34H,4-6,10,18-21H2,1-3H3/b8-7-,22-11+. The van der Waals surface area contributed by atoms with E-state index in [0.29, 0.717) is 30.9 Å². The fourth-order valence-corrected chi connectivity index (χ4v) is 5.72. The number of fused-ring (bicyclic) bond motifs is 3. The minimum atomic E-state index is -0.755. The quantitative estimate of drug-likeness (QED) is 0.0694. The van der Waals surface area contributed by atoms with Crippen LogP contribution >= 0.6 is 11.8 Å². The van der Waals surface area contributed by atoms with Gasteiger partial charge in [0, 0.05) is 21.4 Å². The average molecular weight is 545 g/mol. The third kappa shape index (κ3) is 6.60. The Hall–Kier alpha value is -3.42. The second kappa shape index (κ2) is 13.1. The monoisotopic (exact) mass is 544 g/mol. The van der Waals surface area contributed by atoms with E-state index >= 15 is 0 Å². The maximum absolute atomic E-state index is 13.1. The number of carbonyl (C=O) groups is 2. The molecule has 1 aliphatic heterocycles. The van der Waals surface area contributed by atoms with E-state index in [9.17, 15) is 9.59 Å². The number of thioether (sulfide) groups is 1. The van der Waals surface area contributed by atoms with Crippen LogP contribution in [0.3, 0.4) is 0 Å². The number of hydrogen-bond donors (Lipinski definition) is 1. The molecule has 3 aromatic rings. The van der Waals surface area contributed by atoms with Gasteiger partial charge in [-0.05, 0) is 80.1 Å². The maximum atomic E-state index is 13.1. The van der Waals surface area contributed by atoms with Crippen molar-refractivity contribution in [3.05, 3.63) is 83.1 Å². The summed E-state index contributed by atoms with van der Waals surface area (Å²) in [5, 5.41) is 1.18. The molecule has 0 bridgehead atoms. The van der Waals surface area contributed by atoms with Gasteiger partial charge >= 0.3 is 5.97 Å². The summed E-state index contributed by atoms with van der Waals surface area (Å²) in [4.78, 5) is 33.8. The summed E-state index contributed by atoms with van der Waals surface area (Å²) in [7, 11) is 0. The van der Waals surface area contributed by atoms with Crippen molar-refractivity contribution in [2.75, 3.05) is 13.2 Å². The van der Waals surface area contributed by atoms with E-state index in [1.165, 1.54) is 16.5 Å². The first-order valence-corrected chi connectivity index (χ1v) is 14.3. The number of nitrogens with zero attached hydrogens (tertiary/aromatic N) is 1. The van der Waals surface area contributed by atoms with Crippen LogP contribution in [-0.2, 0) is 32.8 Å². The van der Waals surface area contributed by atoms with Crippen LogP contribution in [0.15, 0.2) is 76.2 Å². The number of allylic oxidation sites excluding steroid dienone is 2. The molecule has 6 nitrogen and oxygen atoms in total. The van der Waals surface area contributed by atoms with Crippen LogP contribution in [-0.4, -0.2) is 35.9 Å². The topological polar surface area (TPSA) is 80.8 Å².